The molecular weight excluding hydrogens is 306 g/mol. The number of aromatic nitrogens is 2. The first kappa shape index (κ1) is 17.7. The number of rotatable bonds is 7. The highest BCUT2D eigenvalue weighted by Crippen LogP contribution is 2.18. The van der Waals surface area contributed by atoms with Crippen molar-refractivity contribution < 1.29 is 14.7 Å². The molecule has 1 atom stereocenters. The number of nitrogens with one attached hydrogen (secondary N) is 1. The molecule has 0 saturated heterocycles. The molecule has 6 heteroatoms. The fourth-order valence-electron chi connectivity index (χ4n) is 2.90. The molecule has 6 nitrogen and oxygen atoms in total. The largest absolute Gasteiger partial charge is 0.479 e. The molecular formula is C18H23N3O3. The Balaban J connectivity index is 2.19. The Labute approximate surface area is 141 Å². The van der Waals surface area contributed by atoms with Crippen LogP contribution in [0.5, 0.6) is 0 Å². The van der Waals surface area contributed by atoms with Gasteiger partial charge in [-0.3, -0.25) is 9.48 Å². The molecule has 0 aliphatic rings. The minimum Gasteiger partial charge on any atom is -0.479 e. The van der Waals surface area contributed by atoms with Crippen molar-refractivity contribution in [1.82, 2.24) is 15.1 Å². The second-order valence-electron chi connectivity index (χ2n) is 5.63. The van der Waals surface area contributed by atoms with Crippen LogP contribution in [0.2, 0.25) is 0 Å². The van der Waals surface area contributed by atoms with E-state index in [2.05, 4.69) is 10.4 Å². The van der Waals surface area contributed by atoms with Gasteiger partial charge in [0.05, 0.1) is 12.1 Å². The minimum absolute atomic E-state index is 0.136. The summed E-state index contributed by atoms with van der Waals surface area (Å²) in [4.78, 5) is 23.9. The van der Waals surface area contributed by atoms with E-state index >= 15 is 0 Å². The summed E-state index contributed by atoms with van der Waals surface area (Å²) in [5.74, 6) is -1.39. The zero-order valence-corrected chi connectivity index (χ0v) is 14.2. The topological polar surface area (TPSA) is 84.2 Å². The van der Waals surface area contributed by atoms with Gasteiger partial charge in [0.1, 0.15) is 0 Å². The first-order chi connectivity index (χ1) is 11.5. The van der Waals surface area contributed by atoms with Crippen LogP contribution in [-0.2, 0) is 35.9 Å². The maximum absolute atomic E-state index is 12.4. The number of carboxylic acid groups (broad SMARTS) is 1. The van der Waals surface area contributed by atoms with E-state index < -0.39 is 12.0 Å². The molecule has 1 aromatic carbocycles. The Morgan fingerprint density at radius 1 is 1.21 bits per heavy atom. The lowest BCUT2D eigenvalue weighted by Crippen LogP contribution is -2.35. The molecule has 128 valence electrons. The number of hydrogen-bond acceptors (Lipinski definition) is 3. The zero-order valence-electron chi connectivity index (χ0n) is 14.2. The van der Waals surface area contributed by atoms with Crippen LogP contribution >= 0.6 is 0 Å². The molecule has 1 aromatic heterocycles. The van der Waals surface area contributed by atoms with Crippen molar-refractivity contribution in [2.45, 2.75) is 39.2 Å². The zero-order chi connectivity index (χ0) is 17.7. The van der Waals surface area contributed by atoms with Crippen molar-refractivity contribution in [3.8, 4) is 0 Å². The van der Waals surface area contributed by atoms with Crippen molar-refractivity contribution in [2.75, 3.05) is 0 Å². The molecule has 2 rings (SSSR count). The lowest BCUT2D eigenvalue weighted by molar-refractivity contribution is -0.141. The number of aryl methyl sites for hydroxylation is 2. The number of nitrogens with zero attached hydrogens (tertiary/aromatic N) is 2. The van der Waals surface area contributed by atoms with Crippen LogP contribution in [0.4, 0.5) is 0 Å². The summed E-state index contributed by atoms with van der Waals surface area (Å²) in [7, 11) is 1.86. The summed E-state index contributed by atoms with van der Waals surface area (Å²) < 4.78 is 1.80. The Morgan fingerprint density at radius 3 is 2.42 bits per heavy atom. The highest BCUT2D eigenvalue weighted by molar-refractivity contribution is 5.86. The van der Waals surface area contributed by atoms with Gasteiger partial charge < -0.3 is 10.4 Å². The van der Waals surface area contributed by atoms with E-state index in [1.54, 1.807) is 35.0 Å². The Morgan fingerprint density at radius 2 is 1.88 bits per heavy atom. The smallest absolute Gasteiger partial charge is 0.330 e. The third-order valence-corrected chi connectivity index (χ3v) is 4.05. The quantitative estimate of drug-likeness (QED) is 0.814. The summed E-state index contributed by atoms with van der Waals surface area (Å²) in [5.41, 5.74) is 3.35. The van der Waals surface area contributed by atoms with Gasteiger partial charge in [0.2, 0.25) is 5.91 Å². The number of carbonyl (C=O) groups is 2. The van der Waals surface area contributed by atoms with E-state index in [4.69, 9.17) is 0 Å². The molecule has 0 bridgehead atoms. The summed E-state index contributed by atoms with van der Waals surface area (Å²) in [6.07, 6.45) is 1.64. The lowest BCUT2D eigenvalue weighted by atomic mass is 10.0. The van der Waals surface area contributed by atoms with E-state index in [0.717, 1.165) is 29.8 Å². The monoisotopic (exact) mass is 329 g/mol. The summed E-state index contributed by atoms with van der Waals surface area (Å²) in [5, 5.41) is 16.5. The molecule has 0 aliphatic heterocycles. The SMILES string of the molecule is CCc1nn(C)c(CC)c1CC(=O)N[C@H](C(=O)O)c1ccccc1. The number of benzene rings is 1. The number of hydrogen-bond donors (Lipinski definition) is 2. The van der Waals surface area contributed by atoms with Crippen molar-refractivity contribution in [3.05, 3.63) is 52.8 Å². The molecule has 1 heterocycles. The number of amides is 1. The molecule has 2 N–H and O–H groups in total. The summed E-state index contributed by atoms with van der Waals surface area (Å²) in [6.45, 7) is 4.01. The van der Waals surface area contributed by atoms with Crippen LogP contribution < -0.4 is 5.32 Å². The average molecular weight is 329 g/mol. The van der Waals surface area contributed by atoms with Crippen molar-refractivity contribution in [1.29, 1.82) is 0 Å². The van der Waals surface area contributed by atoms with Gasteiger partial charge in [-0.05, 0) is 18.4 Å². The second-order valence-corrected chi connectivity index (χ2v) is 5.63. The van der Waals surface area contributed by atoms with E-state index in [0.29, 0.717) is 5.56 Å². The fourth-order valence-corrected chi connectivity index (χ4v) is 2.90. The van der Waals surface area contributed by atoms with Gasteiger partial charge in [-0.25, -0.2) is 4.79 Å². The Kier molecular flexibility index (Phi) is 5.73. The van der Waals surface area contributed by atoms with Crippen LogP contribution in [0.25, 0.3) is 0 Å². The Bertz CT molecular complexity index is 723. The normalized spacial score (nSPS) is 12.0. The molecule has 0 saturated carbocycles. The summed E-state index contributed by atoms with van der Waals surface area (Å²) >= 11 is 0. The molecule has 0 spiro atoms. The van der Waals surface area contributed by atoms with E-state index in [1.807, 2.05) is 20.9 Å². The maximum atomic E-state index is 12.4. The van der Waals surface area contributed by atoms with Gasteiger partial charge in [0.15, 0.2) is 6.04 Å². The predicted molar refractivity (Wildman–Crippen MR) is 90.6 cm³/mol. The molecule has 24 heavy (non-hydrogen) atoms. The molecule has 0 unspecified atom stereocenters. The van der Waals surface area contributed by atoms with Crippen LogP contribution in [-0.4, -0.2) is 26.8 Å². The fraction of sp³-hybridized carbons (Fsp3) is 0.389. The van der Waals surface area contributed by atoms with Gasteiger partial charge in [-0.2, -0.15) is 5.10 Å². The van der Waals surface area contributed by atoms with Gasteiger partial charge in [0.25, 0.3) is 0 Å². The first-order valence-electron chi connectivity index (χ1n) is 8.08. The van der Waals surface area contributed by atoms with Gasteiger partial charge in [-0.15, -0.1) is 0 Å². The van der Waals surface area contributed by atoms with Crippen molar-refractivity contribution in [3.63, 3.8) is 0 Å². The van der Waals surface area contributed by atoms with Crippen LogP contribution in [0, 0.1) is 0 Å². The molecule has 1 amide bonds. The predicted octanol–water partition coefficient (Wildman–Crippen LogP) is 2.03. The third-order valence-electron chi connectivity index (χ3n) is 4.05. The van der Waals surface area contributed by atoms with E-state index in [1.165, 1.54) is 0 Å². The van der Waals surface area contributed by atoms with Gasteiger partial charge in [0, 0.05) is 18.3 Å². The van der Waals surface area contributed by atoms with Gasteiger partial charge in [-0.1, -0.05) is 44.2 Å². The molecule has 2 aromatic rings. The molecule has 0 fully saturated rings. The van der Waals surface area contributed by atoms with Crippen molar-refractivity contribution in [2.24, 2.45) is 7.05 Å². The van der Waals surface area contributed by atoms with E-state index in [-0.39, 0.29) is 12.3 Å². The van der Waals surface area contributed by atoms with Crippen LogP contribution in [0.1, 0.15) is 42.4 Å². The highest BCUT2D eigenvalue weighted by Gasteiger charge is 2.23. The maximum Gasteiger partial charge on any atom is 0.330 e. The second kappa shape index (κ2) is 7.77. The number of aliphatic carboxylic acids is 1. The minimum atomic E-state index is -1.08. The standard InChI is InChI=1S/C18H23N3O3/c1-4-14-13(15(5-2)21(3)20-14)11-16(22)19-17(18(23)24)12-9-7-6-8-10-12/h6-10,17H,4-5,11H2,1-3H3,(H,19,22)(H,23,24)/t17-/m0/s1. The lowest BCUT2D eigenvalue weighted by Gasteiger charge is -2.15. The van der Waals surface area contributed by atoms with Gasteiger partial charge >= 0.3 is 5.97 Å². The van der Waals surface area contributed by atoms with E-state index in [9.17, 15) is 14.7 Å². The summed E-state index contributed by atoms with van der Waals surface area (Å²) in [6, 6.07) is 7.65. The average Bonchev–Trinajstić information content (AvgIpc) is 2.87. The number of carboxylic acids is 1. The van der Waals surface area contributed by atoms with Crippen LogP contribution in [0.15, 0.2) is 30.3 Å². The molecule has 0 aliphatic carbocycles. The van der Waals surface area contributed by atoms with Crippen LogP contribution in [0.3, 0.4) is 0 Å². The third kappa shape index (κ3) is 3.82. The Hall–Kier alpha value is -2.63. The number of carbonyl (C=O) groups excluding carboxylic acids is 1. The molecule has 0 radical (unpaired) electrons. The highest BCUT2D eigenvalue weighted by atomic mass is 16.4. The first-order valence-corrected chi connectivity index (χ1v) is 8.08. The van der Waals surface area contributed by atoms with Crippen molar-refractivity contribution >= 4 is 11.9 Å².